The van der Waals surface area contributed by atoms with Gasteiger partial charge in [0, 0.05) is 77.1 Å². The lowest BCUT2D eigenvalue weighted by Crippen LogP contribution is -2.47. The van der Waals surface area contributed by atoms with Crippen LogP contribution in [0.2, 0.25) is 0 Å². The molecule has 3 aliphatic heterocycles. The van der Waals surface area contributed by atoms with Crippen molar-refractivity contribution in [3.05, 3.63) is 65.1 Å². The number of fused-ring (bicyclic) bond motifs is 2. The van der Waals surface area contributed by atoms with E-state index in [1.807, 2.05) is 18.2 Å². The zero-order valence-electron chi connectivity index (χ0n) is 21.5. The van der Waals surface area contributed by atoms with E-state index in [9.17, 15) is 4.39 Å². The zero-order chi connectivity index (χ0) is 25.4. The van der Waals surface area contributed by atoms with Gasteiger partial charge in [-0.2, -0.15) is 4.98 Å². The summed E-state index contributed by atoms with van der Waals surface area (Å²) >= 11 is 0. The zero-order valence-corrected chi connectivity index (χ0v) is 21.5. The van der Waals surface area contributed by atoms with E-state index in [1.54, 1.807) is 0 Å². The van der Waals surface area contributed by atoms with E-state index < -0.39 is 0 Å². The van der Waals surface area contributed by atoms with Crippen LogP contribution >= 0.6 is 0 Å². The third kappa shape index (κ3) is 4.87. The highest BCUT2D eigenvalue weighted by Gasteiger charge is 2.27. The third-order valence-electron chi connectivity index (χ3n) is 7.54. The van der Waals surface area contributed by atoms with Gasteiger partial charge in [0.2, 0.25) is 12.7 Å². The molecule has 0 spiro atoms. The van der Waals surface area contributed by atoms with Crippen LogP contribution in [0.15, 0.2) is 42.5 Å². The van der Waals surface area contributed by atoms with E-state index in [4.69, 9.17) is 19.4 Å². The fourth-order valence-corrected chi connectivity index (χ4v) is 5.30. The normalized spacial score (nSPS) is 17.2. The maximum absolute atomic E-state index is 13.3. The second-order valence-corrected chi connectivity index (χ2v) is 9.89. The summed E-state index contributed by atoms with van der Waals surface area (Å²) in [7, 11) is 2.11. The fourth-order valence-electron chi connectivity index (χ4n) is 5.30. The lowest BCUT2D eigenvalue weighted by molar-refractivity contribution is 0.174. The molecule has 0 N–H and O–H groups in total. The van der Waals surface area contributed by atoms with Crippen LogP contribution in [-0.4, -0.2) is 68.0 Å². The van der Waals surface area contributed by atoms with Crippen LogP contribution < -0.4 is 24.2 Å². The number of benzene rings is 2. The first-order valence-electron chi connectivity index (χ1n) is 13.0. The number of anilines is 3. The van der Waals surface area contributed by atoms with E-state index in [-0.39, 0.29) is 5.82 Å². The predicted molar refractivity (Wildman–Crippen MR) is 142 cm³/mol. The Labute approximate surface area is 217 Å². The minimum absolute atomic E-state index is 0.202. The van der Waals surface area contributed by atoms with Crippen LogP contribution in [0.1, 0.15) is 23.7 Å². The molecular formula is C28H33FN6O2. The molecule has 0 atom stereocenters. The van der Waals surface area contributed by atoms with Crippen molar-refractivity contribution >= 4 is 17.5 Å². The van der Waals surface area contributed by atoms with Gasteiger partial charge in [0.1, 0.15) is 11.6 Å². The molecule has 8 nitrogen and oxygen atoms in total. The van der Waals surface area contributed by atoms with Crippen molar-refractivity contribution in [2.45, 2.75) is 26.4 Å². The third-order valence-corrected chi connectivity index (χ3v) is 7.54. The molecule has 37 heavy (non-hydrogen) atoms. The van der Waals surface area contributed by atoms with Crippen molar-refractivity contribution in [3.8, 4) is 11.5 Å². The van der Waals surface area contributed by atoms with Gasteiger partial charge in [-0.1, -0.05) is 6.07 Å². The smallest absolute Gasteiger partial charge is 0.231 e. The number of aromatic nitrogens is 2. The number of ether oxygens (including phenoxy) is 2. The molecule has 0 aliphatic carbocycles. The second kappa shape index (κ2) is 10.0. The summed E-state index contributed by atoms with van der Waals surface area (Å²) in [6, 6.07) is 13.0. The fraction of sp³-hybridized carbons (Fsp3) is 0.429. The Morgan fingerprint density at radius 1 is 0.919 bits per heavy atom. The second-order valence-electron chi connectivity index (χ2n) is 9.89. The molecule has 1 aromatic heterocycles. The van der Waals surface area contributed by atoms with Crippen molar-refractivity contribution in [1.29, 1.82) is 0 Å². The Balaban J connectivity index is 1.18. The first kappa shape index (κ1) is 23.8. The van der Waals surface area contributed by atoms with Gasteiger partial charge in [0.05, 0.1) is 5.69 Å². The van der Waals surface area contributed by atoms with E-state index in [1.165, 1.54) is 23.3 Å². The van der Waals surface area contributed by atoms with Gasteiger partial charge in [-0.3, -0.25) is 4.90 Å². The maximum atomic E-state index is 13.3. The topological polar surface area (TPSA) is 57.2 Å². The summed E-state index contributed by atoms with van der Waals surface area (Å²) in [6.45, 7) is 9.33. The average Bonchev–Trinajstić information content (AvgIpc) is 3.41. The van der Waals surface area contributed by atoms with Crippen LogP contribution in [-0.2, 0) is 19.5 Å². The number of nitrogens with zero attached hydrogens (tertiary/aromatic N) is 6. The molecule has 4 heterocycles. The van der Waals surface area contributed by atoms with E-state index >= 15 is 0 Å². The molecule has 0 saturated carbocycles. The molecule has 0 bridgehead atoms. The Morgan fingerprint density at radius 2 is 1.68 bits per heavy atom. The lowest BCUT2D eigenvalue weighted by Gasteiger charge is -2.37. The summed E-state index contributed by atoms with van der Waals surface area (Å²) in [6.07, 6.45) is 0.898. The molecule has 9 heteroatoms. The molecular weight excluding hydrogens is 471 g/mol. The van der Waals surface area contributed by atoms with Crippen molar-refractivity contribution in [2.24, 2.45) is 0 Å². The largest absolute Gasteiger partial charge is 0.454 e. The van der Waals surface area contributed by atoms with Crippen LogP contribution in [0.25, 0.3) is 0 Å². The first-order valence-corrected chi connectivity index (χ1v) is 13.0. The number of halogens is 1. The summed E-state index contributed by atoms with van der Waals surface area (Å²) in [5.74, 6) is 3.29. The molecule has 0 amide bonds. The van der Waals surface area contributed by atoms with Gasteiger partial charge < -0.3 is 24.2 Å². The summed E-state index contributed by atoms with van der Waals surface area (Å²) in [4.78, 5) is 19.4. The first-order chi connectivity index (χ1) is 18.1. The molecule has 2 aromatic carbocycles. The molecule has 6 rings (SSSR count). The van der Waals surface area contributed by atoms with Gasteiger partial charge >= 0.3 is 0 Å². The highest BCUT2D eigenvalue weighted by molar-refractivity contribution is 5.55. The molecule has 1 fully saturated rings. The number of hydrogen-bond acceptors (Lipinski definition) is 8. The molecule has 3 aliphatic rings. The predicted octanol–water partition coefficient (Wildman–Crippen LogP) is 3.69. The van der Waals surface area contributed by atoms with Gasteiger partial charge in [0.15, 0.2) is 11.5 Å². The number of hydrogen-bond donors (Lipinski definition) is 0. The lowest BCUT2D eigenvalue weighted by atomic mass is 10.0. The van der Waals surface area contributed by atoms with Crippen LogP contribution in [0, 0.1) is 5.82 Å². The monoisotopic (exact) mass is 504 g/mol. The number of piperazine rings is 1. The van der Waals surface area contributed by atoms with Crippen LogP contribution in [0.4, 0.5) is 21.8 Å². The summed E-state index contributed by atoms with van der Waals surface area (Å²) < 4.78 is 24.4. The minimum Gasteiger partial charge on any atom is -0.454 e. The van der Waals surface area contributed by atoms with E-state index in [0.717, 1.165) is 93.4 Å². The van der Waals surface area contributed by atoms with Crippen LogP contribution in [0.5, 0.6) is 11.5 Å². The summed E-state index contributed by atoms with van der Waals surface area (Å²) in [5, 5.41) is 0. The SMILES string of the molecule is CCN(C)c1nc(N2CCN(c3ccc(F)cc3)CC2)nc2c1CN(Cc1ccc3c(c1)OCO3)CC2. The van der Waals surface area contributed by atoms with Crippen molar-refractivity contribution in [3.63, 3.8) is 0 Å². The van der Waals surface area contributed by atoms with Gasteiger partial charge in [-0.15, -0.1) is 0 Å². The Bertz CT molecular complexity index is 1260. The quantitative estimate of drug-likeness (QED) is 0.504. The van der Waals surface area contributed by atoms with E-state index in [0.29, 0.717) is 6.79 Å². The molecule has 194 valence electrons. The Kier molecular flexibility index (Phi) is 6.46. The number of rotatable bonds is 6. The standard InChI is InChI=1S/C28H33FN6O2/c1-3-32(2)27-23-18-33(17-20-4-9-25-26(16-20)37-19-36-25)11-10-24(23)30-28(31-27)35-14-12-34(13-15-35)22-7-5-21(29)6-8-22/h4-9,16H,3,10-15,17-19H2,1-2H3. The minimum atomic E-state index is -0.202. The Hall–Kier alpha value is -3.59. The van der Waals surface area contributed by atoms with Gasteiger partial charge in [-0.25, -0.2) is 9.37 Å². The maximum Gasteiger partial charge on any atom is 0.231 e. The van der Waals surface area contributed by atoms with Crippen molar-refractivity contribution in [1.82, 2.24) is 14.9 Å². The van der Waals surface area contributed by atoms with Gasteiger partial charge in [-0.05, 0) is 48.9 Å². The molecule has 1 saturated heterocycles. The van der Waals surface area contributed by atoms with Crippen molar-refractivity contribution in [2.75, 3.05) is 67.8 Å². The Morgan fingerprint density at radius 3 is 2.46 bits per heavy atom. The van der Waals surface area contributed by atoms with Gasteiger partial charge in [0.25, 0.3) is 0 Å². The molecule has 0 unspecified atom stereocenters. The average molecular weight is 505 g/mol. The van der Waals surface area contributed by atoms with Crippen LogP contribution in [0.3, 0.4) is 0 Å². The highest BCUT2D eigenvalue weighted by Crippen LogP contribution is 2.34. The molecule has 3 aromatic rings. The van der Waals surface area contributed by atoms with E-state index in [2.05, 4.69) is 45.7 Å². The highest BCUT2D eigenvalue weighted by atomic mass is 19.1. The van der Waals surface area contributed by atoms with Crippen molar-refractivity contribution < 1.29 is 13.9 Å². The molecule has 0 radical (unpaired) electrons. The summed E-state index contributed by atoms with van der Waals surface area (Å²) in [5.41, 5.74) is 4.66.